The van der Waals surface area contributed by atoms with Crippen molar-refractivity contribution in [3.63, 3.8) is 0 Å². The van der Waals surface area contributed by atoms with Gasteiger partial charge in [0.15, 0.2) is 0 Å². The lowest BCUT2D eigenvalue weighted by Gasteiger charge is -2.33. The van der Waals surface area contributed by atoms with E-state index in [-0.39, 0.29) is 17.9 Å². The van der Waals surface area contributed by atoms with Gasteiger partial charge in [-0.05, 0) is 62.5 Å². The highest BCUT2D eigenvalue weighted by Crippen LogP contribution is 2.29. The summed E-state index contributed by atoms with van der Waals surface area (Å²) in [6.45, 7) is 6.87. The van der Waals surface area contributed by atoms with Crippen LogP contribution in [0.5, 0.6) is 5.75 Å². The van der Waals surface area contributed by atoms with Crippen LogP contribution in [0.15, 0.2) is 24.3 Å². The van der Waals surface area contributed by atoms with Gasteiger partial charge in [-0.25, -0.2) is 4.90 Å². The van der Waals surface area contributed by atoms with Crippen LogP contribution in [-0.2, 0) is 9.59 Å². The summed E-state index contributed by atoms with van der Waals surface area (Å²) in [7, 11) is 0. The van der Waals surface area contributed by atoms with Gasteiger partial charge in [-0.3, -0.25) is 14.5 Å². The summed E-state index contributed by atoms with van der Waals surface area (Å²) in [6.07, 6.45) is 4.60. The number of ether oxygens (including phenoxy) is 1. The number of hydrogen-bond donors (Lipinski definition) is 0. The van der Waals surface area contributed by atoms with Gasteiger partial charge in [0.2, 0.25) is 5.91 Å². The van der Waals surface area contributed by atoms with E-state index in [1.54, 1.807) is 12.1 Å². The topological polar surface area (TPSA) is 49.9 Å². The lowest BCUT2D eigenvalue weighted by Crippen LogP contribution is -2.45. The van der Waals surface area contributed by atoms with Crippen molar-refractivity contribution >= 4 is 17.5 Å². The minimum Gasteiger partial charge on any atom is -0.494 e. The van der Waals surface area contributed by atoms with E-state index in [9.17, 15) is 9.59 Å². The van der Waals surface area contributed by atoms with Crippen molar-refractivity contribution in [3.8, 4) is 5.75 Å². The molecule has 2 aliphatic rings. The Labute approximate surface area is 149 Å². The molecule has 0 spiro atoms. The lowest BCUT2D eigenvalue weighted by atomic mass is 9.97. The second-order valence-corrected chi connectivity index (χ2v) is 7.20. The van der Waals surface area contributed by atoms with E-state index in [2.05, 4.69) is 18.7 Å². The molecule has 0 N–H and O–H groups in total. The van der Waals surface area contributed by atoms with Gasteiger partial charge in [0.25, 0.3) is 5.91 Å². The zero-order valence-electron chi connectivity index (χ0n) is 15.2. The van der Waals surface area contributed by atoms with Crippen molar-refractivity contribution < 1.29 is 14.3 Å². The largest absolute Gasteiger partial charge is 0.494 e. The van der Waals surface area contributed by atoms with Crippen LogP contribution in [0.3, 0.4) is 0 Å². The number of hydrogen-bond acceptors (Lipinski definition) is 4. The van der Waals surface area contributed by atoms with Gasteiger partial charge in [-0.2, -0.15) is 0 Å². The fraction of sp³-hybridized carbons (Fsp3) is 0.600. The number of imide groups is 1. The van der Waals surface area contributed by atoms with E-state index in [0.717, 1.165) is 44.5 Å². The van der Waals surface area contributed by atoms with E-state index in [1.165, 1.54) is 4.90 Å². The van der Waals surface area contributed by atoms with Gasteiger partial charge in [0.1, 0.15) is 5.75 Å². The average molecular weight is 344 g/mol. The number of carbonyl (C=O) groups excluding carboxylic acids is 2. The lowest BCUT2D eigenvalue weighted by molar-refractivity contribution is -0.123. The summed E-state index contributed by atoms with van der Waals surface area (Å²) >= 11 is 0. The van der Waals surface area contributed by atoms with E-state index < -0.39 is 0 Å². The average Bonchev–Trinajstić information content (AvgIpc) is 2.91. The van der Waals surface area contributed by atoms with E-state index in [1.807, 2.05) is 12.1 Å². The van der Waals surface area contributed by atoms with Gasteiger partial charge in [-0.1, -0.05) is 20.3 Å². The molecule has 1 aromatic rings. The molecule has 2 saturated heterocycles. The summed E-state index contributed by atoms with van der Waals surface area (Å²) in [6, 6.07) is 6.98. The number of carbonyl (C=O) groups is 2. The highest BCUT2D eigenvalue weighted by molar-refractivity contribution is 6.22. The molecule has 136 valence electrons. The summed E-state index contributed by atoms with van der Waals surface area (Å²) in [5, 5.41) is 0. The summed E-state index contributed by atoms with van der Waals surface area (Å²) in [4.78, 5) is 28.8. The maximum atomic E-state index is 12.8. The molecule has 2 aliphatic heterocycles. The Kier molecular flexibility index (Phi) is 5.74. The van der Waals surface area contributed by atoms with Crippen LogP contribution >= 0.6 is 0 Å². The molecule has 0 bridgehead atoms. The molecule has 0 saturated carbocycles. The quantitative estimate of drug-likeness (QED) is 0.587. The number of anilines is 1. The molecule has 5 heteroatoms. The Morgan fingerprint density at radius 1 is 1.12 bits per heavy atom. The Balaban J connectivity index is 1.66. The van der Waals surface area contributed by atoms with Crippen molar-refractivity contribution in [3.05, 3.63) is 24.3 Å². The molecule has 0 aromatic heterocycles. The van der Waals surface area contributed by atoms with Crippen molar-refractivity contribution in [2.45, 2.75) is 52.0 Å². The predicted octanol–water partition coefficient (Wildman–Crippen LogP) is 3.23. The van der Waals surface area contributed by atoms with Crippen LogP contribution < -0.4 is 9.64 Å². The molecule has 0 unspecified atom stereocenters. The van der Waals surface area contributed by atoms with Gasteiger partial charge >= 0.3 is 0 Å². The summed E-state index contributed by atoms with van der Waals surface area (Å²) < 4.78 is 5.65. The zero-order valence-corrected chi connectivity index (χ0v) is 15.2. The molecule has 2 fully saturated rings. The van der Waals surface area contributed by atoms with E-state index in [4.69, 9.17) is 4.74 Å². The zero-order chi connectivity index (χ0) is 17.8. The highest BCUT2D eigenvalue weighted by Gasteiger charge is 2.43. The molecule has 1 atom stereocenters. The molecule has 1 aromatic carbocycles. The molecule has 25 heavy (non-hydrogen) atoms. The van der Waals surface area contributed by atoms with E-state index >= 15 is 0 Å². The number of amides is 2. The maximum absolute atomic E-state index is 12.8. The number of benzene rings is 1. The Morgan fingerprint density at radius 3 is 2.44 bits per heavy atom. The molecular formula is C20H28N2O3. The highest BCUT2D eigenvalue weighted by atomic mass is 16.5. The molecule has 0 aliphatic carbocycles. The SMILES string of the molecule is CCCCOc1ccc(N2C(=O)C[C@@H](N3CCC(C)CC3)C2=O)cc1. The number of piperidine rings is 1. The second kappa shape index (κ2) is 8.00. The summed E-state index contributed by atoms with van der Waals surface area (Å²) in [5.74, 6) is 1.30. The van der Waals surface area contributed by atoms with Crippen LogP contribution in [0, 0.1) is 5.92 Å². The Bertz CT molecular complexity index is 606. The molecule has 2 heterocycles. The van der Waals surface area contributed by atoms with Crippen molar-refractivity contribution in [1.29, 1.82) is 0 Å². The Hall–Kier alpha value is -1.88. The smallest absolute Gasteiger partial charge is 0.251 e. The van der Waals surface area contributed by atoms with E-state index in [0.29, 0.717) is 24.6 Å². The fourth-order valence-electron chi connectivity index (χ4n) is 3.54. The number of likely N-dealkylation sites (tertiary alicyclic amines) is 1. The van der Waals surface area contributed by atoms with Gasteiger partial charge in [0.05, 0.1) is 24.8 Å². The molecule has 5 nitrogen and oxygen atoms in total. The van der Waals surface area contributed by atoms with Gasteiger partial charge in [-0.15, -0.1) is 0 Å². The van der Waals surface area contributed by atoms with Crippen molar-refractivity contribution in [1.82, 2.24) is 4.90 Å². The first kappa shape index (κ1) is 17.9. The first-order valence-corrected chi connectivity index (χ1v) is 9.44. The van der Waals surface area contributed by atoms with Crippen molar-refractivity contribution in [2.75, 3.05) is 24.6 Å². The normalized spacial score (nSPS) is 22.6. The fourth-order valence-corrected chi connectivity index (χ4v) is 3.54. The summed E-state index contributed by atoms with van der Waals surface area (Å²) in [5.41, 5.74) is 0.644. The van der Waals surface area contributed by atoms with Gasteiger partial charge in [0, 0.05) is 0 Å². The first-order chi connectivity index (χ1) is 12.1. The van der Waals surface area contributed by atoms with Crippen LogP contribution in [0.1, 0.15) is 46.0 Å². The molecular weight excluding hydrogens is 316 g/mol. The predicted molar refractivity (Wildman–Crippen MR) is 97.7 cm³/mol. The Morgan fingerprint density at radius 2 is 1.80 bits per heavy atom. The van der Waals surface area contributed by atoms with Crippen LogP contribution in [-0.4, -0.2) is 42.5 Å². The minimum absolute atomic E-state index is 0.0841. The molecule has 0 radical (unpaired) electrons. The van der Waals surface area contributed by atoms with Gasteiger partial charge < -0.3 is 4.74 Å². The number of unbranched alkanes of at least 4 members (excludes halogenated alkanes) is 1. The van der Waals surface area contributed by atoms with Crippen LogP contribution in [0.4, 0.5) is 5.69 Å². The van der Waals surface area contributed by atoms with Crippen molar-refractivity contribution in [2.24, 2.45) is 5.92 Å². The maximum Gasteiger partial charge on any atom is 0.251 e. The van der Waals surface area contributed by atoms with Crippen LogP contribution in [0.25, 0.3) is 0 Å². The third-order valence-electron chi connectivity index (χ3n) is 5.24. The number of nitrogens with zero attached hydrogens (tertiary/aromatic N) is 2. The van der Waals surface area contributed by atoms with Crippen LogP contribution in [0.2, 0.25) is 0 Å². The second-order valence-electron chi connectivity index (χ2n) is 7.20. The first-order valence-electron chi connectivity index (χ1n) is 9.44. The third kappa shape index (κ3) is 4.03. The third-order valence-corrected chi connectivity index (χ3v) is 5.24. The monoisotopic (exact) mass is 344 g/mol. The standard InChI is InChI=1S/C20H28N2O3/c1-3-4-13-25-17-7-5-16(6-8-17)22-19(23)14-18(20(22)24)21-11-9-15(2)10-12-21/h5-8,15,18H,3-4,9-14H2,1-2H3/t18-/m1/s1. The number of rotatable bonds is 6. The minimum atomic E-state index is -0.291. The molecule has 3 rings (SSSR count). The molecule has 2 amide bonds.